The predicted molar refractivity (Wildman–Crippen MR) is 168 cm³/mol. The van der Waals surface area contributed by atoms with E-state index in [0.29, 0.717) is 41.2 Å². The number of rotatable bonds is 5. The average Bonchev–Trinajstić information content (AvgIpc) is 2.98. The van der Waals surface area contributed by atoms with E-state index in [4.69, 9.17) is 23.0 Å². The molecule has 5 rings (SSSR count). The van der Waals surface area contributed by atoms with Crippen LogP contribution < -0.4 is 10.6 Å². The molecular weight excluding hydrogens is 567 g/mol. The number of hydrogen-bond acceptors (Lipinski definition) is 6. The van der Waals surface area contributed by atoms with Crippen LogP contribution in [0.3, 0.4) is 0 Å². The Morgan fingerprint density at radius 1 is 1.19 bits per heavy atom. The van der Waals surface area contributed by atoms with Crippen LogP contribution in [0.5, 0.6) is 0 Å². The Morgan fingerprint density at radius 2 is 1.93 bits per heavy atom. The molecule has 1 aromatic carbocycles. The van der Waals surface area contributed by atoms with Crippen LogP contribution >= 0.6 is 11.6 Å². The fraction of sp³-hybridized carbons (Fsp3) is 0.303. The third kappa shape index (κ3) is 5.28. The summed E-state index contributed by atoms with van der Waals surface area (Å²) < 4.78 is 16.6. The number of carbonyl (C=O) groups is 1. The Bertz CT molecular complexity index is 1880. The van der Waals surface area contributed by atoms with Crippen LogP contribution in [-0.2, 0) is 4.79 Å². The normalized spacial score (nSPS) is 16.9. The number of pyridine rings is 2. The van der Waals surface area contributed by atoms with Crippen LogP contribution in [0, 0.1) is 25.1 Å². The van der Waals surface area contributed by atoms with Gasteiger partial charge in [-0.2, -0.15) is 4.98 Å². The van der Waals surface area contributed by atoms with E-state index >= 15 is 4.39 Å². The van der Waals surface area contributed by atoms with Crippen molar-refractivity contribution in [3.05, 3.63) is 87.3 Å². The SMILES string of the molecule is C#Cc1ccc(F)c(-c2nc3c(cc2Cl)c(N2CC(C)N(C(=O)C=C)CC2C)nc(=O)n3-c2c(C)ccnc2C(C)C)c1. The van der Waals surface area contributed by atoms with Crippen molar-refractivity contribution in [1.82, 2.24) is 24.4 Å². The van der Waals surface area contributed by atoms with Gasteiger partial charge in [-0.25, -0.2) is 18.7 Å². The minimum absolute atomic E-state index is 0.0237. The van der Waals surface area contributed by atoms with E-state index in [9.17, 15) is 9.59 Å². The van der Waals surface area contributed by atoms with Gasteiger partial charge in [-0.15, -0.1) is 6.42 Å². The molecule has 1 saturated heterocycles. The molecule has 2 atom stereocenters. The number of nitrogens with zero attached hydrogens (tertiary/aromatic N) is 6. The van der Waals surface area contributed by atoms with Gasteiger partial charge in [-0.3, -0.25) is 9.78 Å². The molecule has 0 aliphatic carbocycles. The van der Waals surface area contributed by atoms with Gasteiger partial charge in [-0.05, 0) is 68.7 Å². The van der Waals surface area contributed by atoms with Crippen molar-refractivity contribution in [3.63, 3.8) is 0 Å². The summed E-state index contributed by atoms with van der Waals surface area (Å²) in [5.74, 6) is 2.16. The first-order chi connectivity index (χ1) is 20.5. The Balaban J connectivity index is 1.84. The van der Waals surface area contributed by atoms with Gasteiger partial charge in [0.25, 0.3) is 0 Å². The van der Waals surface area contributed by atoms with E-state index in [1.165, 1.54) is 28.8 Å². The van der Waals surface area contributed by atoms with Crippen molar-refractivity contribution in [3.8, 4) is 29.3 Å². The lowest BCUT2D eigenvalue weighted by Gasteiger charge is -2.44. The van der Waals surface area contributed by atoms with Crippen molar-refractivity contribution in [2.24, 2.45) is 0 Å². The van der Waals surface area contributed by atoms with Crippen molar-refractivity contribution in [2.75, 3.05) is 18.0 Å². The largest absolute Gasteiger partial charge is 0.355 e. The molecule has 0 radical (unpaired) electrons. The Morgan fingerprint density at radius 3 is 2.60 bits per heavy atom. The number of piperazine rings is 1. The standard InChI is InChI=1S/C33H32ClFN6O2/c1-8-22-10-11-26(35)23(14-22)29-25(34)15-24-31(40-17-20(6)39(16-21(40)7)27(42)9-2)38-33(43)41(32(24)37-29)30-19(5)12-13-36-28(30)18(3)4/h1,9-15,18,20-21H,2,16-17H2,3-7H3. The van der Waals surface area contributed by atoms with Crippen LogP contribution in [0.2, 0.25) is 5.02 Å². The number of fused-ring (bicyclic) bond motifs is 1. The number of amides is 1. The molecule has 10 heteroatoms. The number of anilines is 1. The van der Waals surface area contributed by atoms with Crippen molar-refractivity contribution in [1.29, 1.82) is 0 Å². The fourth-order valence-electron chi connectivity index (χ4n) is 5.64. The molecular formula is C33H32ClFN6O2. The summed E-state index contributed by atoms with van der Waals surface area (Å²) in [6.07, 6.45) is 8.60. The first kappa shape index (κ1) is 29.9. The van der Waals surface area contributed by atoms with Crippen molar-refractivity contribution >= 4 is 34.4 Å². The molecule has 1 amide bonds. The molecule has 43 heavy (non-hydrogen) atoms. The van der Waals surface area contributed by atoms with Crippen LogP contribution in [0.25, 0.3) is 28.0 Å². The zero-order chi connectivity index (χ0) is 31.2. The highest BCUT2D eigenvalue weighted by Gasteiger charge is 2.34. The third-order valence-corrected chi connectivity index (χ3v) is 8.12. The summed E-state index contributed by atoms with van der Waals surface area (Å²) in [5, 5.41) is 0.671. The molecule has 8 nitrogen and oxygen atoms in total. The van der Waals surface area contributed by atoms with E-state index in [1.807, 2.05) is 45.6 Å². The lowest BCUT2D eigenvalue weighted by atomic mass is 10.0. The van der Waals surface area contributed by atoms with Gasteiger partial charge in [0.2, 0.25) is 5.91 Å². The molecule has 1 aliphatic rings. The smallest absolute Gasteiger partial charge is 0.349 e. The summed E-state index contributed by atoms with van der Waals surface area (Å²) in [4.78, 5) is 44.3. The lowest BCUT2D eigenvalue weighted by molar-refractivity contribution is -0.128. The molecule has 1 aliphatic heterocycles. The maximum absolute atomic E-state index is 15.2. The van der Waals surface area contributed by atoms with Gasteiger partial charge in [0.05, 0.1) is 27.5 Å². The summed E-state index contributed by atoms with van der Waals surface area (Å²) in [6.45, 7) is 14.2. The maximum Gasteiger partial charge on any atom is 0.355 e. The van der Waals surface area contributed by atoms with Gasteiger partial charge in [0.1, 0.15) is 11.6 Å². The van der Waals surface area contributed by atoms with E-state index in [-0.39, 0.29) is 45.8 Å². The number of benzene rings is 1. The monoisotopic (exact) mass is 598 g/mol. The van der Waals surface area contributed by atoms with Crippen molar-refractivity contribution < 1.29 is 9.18 Å². The Labute approximate surface area is 254 Å². The maximum atomic E-state index is 15.2. The molecule has 0 N–H and O–H groups in total. The van der Waals surface area contributed by atoms with E-state index in [1.54, 1.807) is 17.2 Å². The minimum atomic E-state index is -0.566. The van der Waals surface area contributed by atoms with Crippen molar-refractivity contribution in [2.45, 2.75) is 52.6 Å². The third-order valence-electron chi connectivity index (χ3n) is 7.83. The molecule has 0 saturated carbocycles. The summed E-state index contributed by atoms with van der Waals surface area (Å²) in [5.41, 5.74) is 2.46. The number of terminal acetylenes is 1. The molecule has 0 bridgehead atoms. The highest BCUT2D eigenvalue weighted by Crippen LogP contribution is 2.37. The first-order valence-corrected chi connectivity index (χ1v) is 14.4. The predicted octanol–water partition coefficient (Wildman–Crippen LogP) is 5.66. The van der Waals surface area contributed by atoms with E-state index < -0.39 is 11.5 Å². The second-order valence-corrected chi connectivity index (χ2v) is 11.6. The fourth-order valence-corrected chi connectivity index (χ4v) is 5.90. The Kier molecular flexibility index (Phi) is 8.08. The summed E-state index contributed by atoms with van der Waals surface area (Å²) in [6, 6.07) is 7.39. The lowest BCUT2D eigenvalue weighted by Crippen LogP contribution is -2.58. The zero-order valence-corrected chi connectivity index (χ0v) is 25.5. The minimum Gasteiger partial charge on any atom is -0.349 e. The van der Waals surface area contributed by atoms with Crippen LogP contribution in [0.4, 0.5) is 10.2 Å². The molecule has 220 valence electrons. The number of hydrogen-bond donors (Lipinski definition) is 0. The highest BCUT2D eigenvalue weighted by atomic mass is 35.5. The van der Waals surface area contributed by atoms with Crippen LogP contribution in [-0.4, -0.2) is 55.5 Å². The number of halogens is 2. The topological polar surface area (TPSA) is 84.2 Å². The highest BCUT2D eigenvalue weighted by molar-refractivity contribution is 6.34. The number of aromatic nitrogens is 4. The summed E-state index contributed by atoms with van der Waals surface area (Å²) in [7, 11) is 0. The Hall–Kier alpha value is -4.55. The quantitative estimate of drug-likeness (QED) is 0.218. The van der Waals surface area contributed by atoms with E-state index in [2.05, 4.69) is 22.5 Å². The summed E-state index contributed by atoms with van der Waals surface area (Å²) >= 11 is 6.83. The first-order valence-electron chi connectivity index (χ1n) is 14.0. The van der Waals surface area contributed by atoms with Gasteiger partial charge in [-0.1, -0.05) is 37.9 Å². The molecule has 2 unspecified atom stereocenters. The second kappa shape index (κ2) is 11.6. The van der Waals surface area contributed by atoms with Gasteiger partial charge in [0.15, 0.2) is 5.65 Å². The van der Waals surface area contributed by atoms with E-state index in [0.717, 1.165) is 5.56 Å². The van der Waals surface area contributed by atoms with Gasteiger partial charge in [0, 0.05) is 42.5 Å². The molecule has 4 heterocycles. The van der Waals surface area contributed by atoms with Gasteiger partial charge >= 0.3 is 5.69 Å². The zero-order valence-electron chi connectivity index (χ0n) is 24.7. The molecule has 0 spiro atoms. The molecule has 4 aromatic rings. The number of aryl methyl sites for hydroxylation is 1. The number of carbonyl (C=O) groups excluding carboxylic acids is 1. The van der Waals surface area contributed by atoms with Gasteiger partial charge < -0.3 is 9.80 Å². The molecule has 3 aromatic heterocycles. The average molecular weight is 599 g/mol. The van der Waals surface area contributed by atoms with Crippen LogP contribution in [0.15, 0.2) is 54.0 Å². The second-order valence-electron chi connectivity index (χ2n) is 11.1. The molecule has 1 fully saturated rings. The van der Waals surface area contributed by atoms with Crippen LogP contribution in [0.1, 0.15) is 50.4 Å².